The molecule has 2 unspecified atom stereocenters. The van der Waals surface area contributed by atoms with Crippen LogP contribution in [0.3, 0.4) is 0 Å². The van der Waals surface area contributed by atoms with Crippen molar-refractivity contribution in [3.8, 4) is 67.3 Å². The highest BCUT2D eigenvalue weighted by molar-refractivity contribution is 5.82. The van der Waals surface area contributed by atoms with Crippen molar-refractivity contribution in [3.63, 3.8) is 0 Å². The number of benzene rings is 13. The van der Waals surface area contributed by atoms with E-state index < -0.39 is 0 Å². The summed E-state index contributed by atoms with van der Waals surface area (Å²) in [5.74, 6) is 2.18. The molecule has 13 aromatic carbocycles. The van der Waals surface area contributed by atoms with Crippen LogP contribution in [-0.4, -0.2) is 9.97 Å². The van der Waals surface area contributed by atoms with Gasteiger partial charge in [0, 0.05) is 118 Å². The Balaban J connectivity index is 0.0000000980. The van der Waals surface area contributed by atoms with Crippen LogP contribution in [0.5, 0.6) is 0 Å². The Kier molecular flexibility index (Phi) is 18.8. The third kappa shape index (κ3) is 12.3. The molecular weight excluding hydrogens is 1550 g/mol. The van der Waals surface area contributed by atoms with Crippen molar-refractivity contribution in [1.29, 1.82) is 0 Å². The maximum absolute atomic E-state index is 4.87. The summed E-state index contributed by atoms with van der Waals surface area (Å²) in [5.41, 5.74) is 60.4. The molecule has 2 atom stereocenters. The lowest BCUT2D eigenvalue weighted by molar-refractivity contribution is -0.661. The molecule has 128 heavy (non-hydrogen) atoms. The van der Waals surface area contributed by atoms with Crippen LogP contribution in [0.15, 0.2) is 353 Å². The highest BCUT2D eigenvalue weighted by atomic mass is 14.9. The van der Waals surface area contributed by atoms with Crippen LogP contribution in [0.2, 0.25) is 0 Å². The fraction of sp³-hybridized carbons (Fsp3) is 0.164. The van der Waals surface area contributed by atoms with Gasteiger partial charge in [-0.25, -0.2) is 18.3 Å². The second kappa shape index (κ2) is 30.7. The average Bonchev–Trinajstić information content (AvgIpc) is 0.707. The largest absolute Gasteiger partial charge is 0.257 e. The summed E-state index contributed by atoms with van der Waals surface area (Å²) in [6, 6.07) is 118. The molecule has 0 radical (unpaired) electrons. The van der Waals surface area contributed by atoms with E-state index in [9.17, 15) is 0 Å². The minimum Gasteiger partial charge on any atom is -0.257 e. The van der Waals surface area contributed by atoms with E-state index in [0.717, 1.165) is 11.4 Å². The first kappa shape index (κ1) is 78.3. The van der Waals surface area contributed by atoms with Gasteiger partial charge in [0.25, 0.3) is 0 Å². The average molecular weight is 1650 g/mol. The maximum Gasteiger partial charge on any atom is 0.217 e. The smallest absolute Gasteiger partial charge is 0.217 e. The van der Waals surface area contributed by atoms with Crippen molar-refractivity contribution >= 4 is 0 Å². The monoisotopic (exact) mass is 1650 g/mol. The lowest BCUT2D eigenvalue weighted by Crippen LogP contribution is -2.38. The van der Waals surface area contributed by atoms with Crippen molar-refractivity contribution in [1.82, 2.24) is 9.97 Å². The van der Waals surface area contributed by atoms with Crippen molar-refractivity contribution in [2.45, 2.75) is 103 Å². The molecule has 0 N–H and O–H groups in total. The molecule has 0 aliphatic heterocycles. The number of aromatic nitrogens is 6. The summed E-state index contributed by atoms with van der Waals surface area (Å²) in [7, 11) is 8.63. The van der Waals surface area contributed by atoms with Crippen LogP contribution < -0.4 is 18.3 Å². The Morgan fingerprint density at radius 1 is 0.211 bits per heavy atom. The van der Waals surface area contributed by atoms with E-state index in [1.165, 1.54) is 234 Å². The number of nitrogens with zero attached hydrogens (tertiary/aromatic N) is 6. The lowest BCUT2D eigenvalue weighted by atomic mass is 9.60. The van der Waals surface area contributed by atoms with Gasteiger partial charge in [-0.15, -0.1) is 0 Å². The van der Waals surface area contributed by atoms with Crippen molar-refractivity contribution in [3.05, 3.63) is 531 Å². The minimum absolute atomic E-state index is 0.113. The SMILES string of the molecule is Cc1c[n+](C)c(-c2cc3c(cc2C)C2c4ccccc4C3c3ccccc32)cc1-c1ccccc1.Cc1cc(C)c(C)c(-c2c3c(cc[n+]2C)C2c4cc(C)ccc4C3c3nccnc32)c1.Cc1cc2c(cc1-c1cc(-c3ccccc3)cc[n+]1C)C1c3ccccc3C2c2ccccc21.Cc1cc2c(cc1-c1cccc[n+]1C)C1c3ccccc3C2c2ccccc21. The van der Waals surface area contributed by atoms with E-state index in [1.54, 1.807) is 0 Å². The molecule has 0 fully saturated rings. The van der Waals surface area contributed by atoms with Crippen LogP contribution in [0.1, 0.15) is 226 Å². The highest BCUT2D eigenvalue weighted by Gasteiger charge is 2.49. The topological polar surface area (TPSA) is 41.3 Å². The fourth-order valence-electron chi connectivity index (χ4n) is 24.0. The first-order valence-corrected chi connectivity index (χ1v) is 45.6. The van der Waals surface area contributed by atoms with Crippen molar-refractivity contribution in [2.75, 3.05) is 0 Å². The molecule has 616 valence electrons. The van der Waals surface area contributed by atoms with Crippen LogP contribution in [0.4, 0.5) is 0 Å². The van der Waals surface area contributed by atoms with Crippen LogP contribution >= 0.6 is 0 Å². The zero-order valence-electron chi connectivity index (χ0n) is 74.8. The van der Waals surface area contributed by atoms with Crippen molar-refractivity contribution in [2.24, 2.45) is 28.2 Å². The summed E-state index contributed by atoms with van der Waals surface area (Å²) >= 11 is 0. The summed E-state index contributed by atoms with van der Waals surface area (Å²) in [5, 5.41) is 0. The van der Waals surface area contributed by atoms with Gasteiger partial charge in [0.05, 0.1) is 23.2 Å². The molecule has 12 aliphatic carbocycles. The molecule has 18 aromatic rings. The van der Waals surface area contributed by atoms with Crippen LogP contribution in [0, 0.1) is 55.4 Å². The van der Waals surface area contributed by atoms with Gasteiger partial charge in [0.2, 0.25) is 22.8 Å². The van der Waals surface area contributed by atoms with Gasteiger partial charge in [-0.1, -0.05) is 260 Å². The molecule has 6 heteroatoms. The number of rotatable bonds is 6. The second-order valence-corrected chi connectivity index (χ2v) is 37.2. The van der Waals surface area contributed by atoms with E-state index in [4.69, 9.17) is 9.97 Å². The molecule has 6 nitrogen and oxygen atoms in total. The Morgan fingerprint density at radius 2 is 0.586 bits per heavy atom. The van der Waals surface area contributed by atoms with E-state index >= 15 is 0 Å². The summed E-state index contributed by atoms with van der Waals surface area (Å²) in [4.78, 5) is 9.70. The Hall–Kier alpha value is -14.5. The summed E-state index contributed by atoms with van der Waals surface area (Å²) < 4.78 is 9.06. The summed E-state index contributed by atoms with van der Waals surface area (Å²) in [6.07, 6.45) is 12.5. The van der Waals surface area contributed by atoms with Gasteiger partial charge >= 0.3 is 0 Å². The normalized spacial score (nSPS) is 17.5. The fourth-order valence-corrected chi connectivity index (χ4v) is 24.0. The molecule has 0 saturated heterocycles. The number of hydrogen-bond acceptors (Lipinski definition) is 2. The predicted molar refractivity (Wildman–Crippen MR) is 516 cm³/mol. The maximum atomic E-state index is 4.87. The van der Waals surface area contributed by atoms with E-state index in [0.29, 0.717) is 35.5 Å². The number of pyridine rings is 4. The highest BCUT2D eigenvalue weighted by Crippen LogP contribution is 2.62. The van der Waals surface area contributed by atoms with Gasteiger partial charge in [-0.2, -0.15) is 0 Å². The zero-order valence-corrected chi connectivity index (χ0v) is 74.8. The second-order valence-electron chi connectivity index (χ2n) is 37.2. The standard InChI is InChI=1S/C34H28N.C33H26N.C28H26N3.C27H22N/c1-21-17-30-31(34-26-15-9-7-13-24(26)33(30)25-14-8-10-16-27(25)34)18-29(21)32-19-28(22(2)20-35(32)3)23-11-5-4-6-12-23;1-21-18-29-30(20-28(21)31-19-23(16-17-34(31)2)22-10-4-3-5-11-22)33-26-14-8-6-12-24(26)32(29)25-13-7-9-15-27(25)33;1-15-6-7-19-22(13-15)23-20-8-11-31(5)28(21-14-16(2)12-17(3)18(21)4)25(20)24(19)27-26(23)29-9-10-30-27;1-17-15-23-24(16-22(17)25-13-7-8-14-28(25)2)27-20-11-5-3-9-18(20)26(23)19-10-4-6-12-21(19)27/h4-20,33-34H,1-3H3;3-20,32-33H,1-2H3;6-14,23-24H,1-5H3;3-16,26-27H,1-2H3/q4*+1. The van der Waals surface area contributed by atoms with E-state index in [2.05, 4.69) is 442 Å². The first-order valence-electron chi connectivity index (χ1n) is 45.6. The molecule has 0 saturated carbocycles. The number of aryl methyl sites for hydroxylation is 11. The molecule has 30 rings (SSSR count). The molecule has 5 aromatic heterocycles. The summed E-state index contributed by atoms with van der Waals surface area (Å²) in [6.45, 7) is 17.8. The van der Waals surface area contributed by atoms with Gasteiger partial charge < -0.3 is 0 Å². The van der Waals surface area contributed by atoms with Gasteiger partial charge in [0.15, 0.2) is 24.8 Å². The van der Waals surface area contributed by atoms with Gasteiger partial charge in [-0.05, 0) is 253 Å². The molecule has 12 aliphatic rings. The Morgan fingerprint density at radius 3 is 1.04 bits per heavy atom. The Labute approximate surface area is 752 Å². The molecule has 5 heterocycles. The third-order valence-electron chi connectivity index (χ3n) is 29.8. The molecule has 8 bridgehead atoms. The van der Waals surface area contributed by atoms with Gasteiger partial charge in [-0.3, -0.25) is 9.97 Å². The first-order chi connectivity index (χ1) is 62.5. The molecular formula is C122H102N6+4. The molecule has 0 amide bonds. The lowest BCUT2D eigenvalue weighted by Gasteiger charge is -2.42. The zero-order chi connectivity index (χ0) is 86.8. The van der Waals surface area contributed by atoms with Gasteiger partial charge in [0.1, 0.15) is 28.2 Å². The quantitative estimate of drug-likeness (QED) is 0.156. The van der Waals surface area contributed by atoms with E-state index in [1.807, 2.05) is 12.4 Å². The Bertz CT molecular complexity index is 7520. The predicted octanol–water partition coefficient (Wildman–Crippen LogP) is 25.3. The third-order valence-corrected chi connectivity index (χ3v) is 29.8. The minimum atomic E-state index is 0.113. The molecule has 0 spiro atoms. The van der Waals surface area contributed by atoms with Crippen LogP contribution in [0.25, 0.3) is 67.3 Å². The van der Waals surface area contributed by atoms with Crippen LogP contribution in [-0.2, 0) is 28.2 Å². The van der Waals surface area contributed by atoms with Crippen molar-refractivity contribution < 1.29 is 18.3 Å². The number of hydrogen-bond donors (Lipinski definition) is 0. The van der Waals surface area contributed by atoms with E-state index in [-0.39, 0.29) is 11.8 Å².